The Morgan fingerprint density at radius 1 is 1.38 bits per heavy atom. The van der Waals surface area contributed by atoms with E-state index in [2.05, 4.69) is 0 Å². The second-order valence-corrected chi connectivity index (χ2v) is 7.00. The third kappa shape index (κ3) is 3.77. The van der Waals surface area contributed by atoms with Crippen LogP contribution in [0.15, 0.2) is 39.8 Å². The second-order valence-electron chi connectivity index (χ2n) is 5.47. The zero-order valence-corrected chi connectivity index (χ0v) is 14.3. The van der Waals surface area contributed by atoms with Crippen LogP contribution in [0.2, 0.25) is 0 Å². The van der Waals surface area contributed by atoms with Crippen LogP contribution in [0.1, 0.15) is 30.1 Å². The largest absolute Gasteiger partial charge is 0.478 e. The molecule has 0 atom stereocenters. The molecule has 0 aliphatic rings. The smallest absolute Gasteiger partial charge is 0.335 e. The van der Waals surface area contributed by atoms with Gasteiger partial charge in [-0.05, 0) is 30.7 Å². The lowest BCUT2D eigenvalue weighted by molar-refractivity contribution is 0.0696. The SMILES string of the molecule is CCCCN(C)c1cc(C(=O)O)cc(S(N)(=O)=O)c1-c1ccco1. The molecule has 0 aliphatic heterocycles. The summed E-state index contributed by atoms with van der Waals surface area (Å²) in [6.45, 7) is 2.67. The topological polar surface area (TPSA) is 114 Å². The summed E-state index contributed by atoms with van der Waals surface area (Å²) in [5, 5.41) is 14.6. The molecule has 2 rings (SSSR count). The van der Waals surface area contributed by atoms with Gasteiger partial charge >= 0.3 is 5.97 Å². The summed E-state index contributed by atoms with van der Waals surface area (Å²) < 4.78 is 29.4. The number of anilines is 1. The van der Waals surface area contributed by atoms with E-state index in [4.69, 9.17) is 9.56 Å². The van der Waals surface area contributed by atoms with Crippen molar-refractivity contribution in [2.75, 3.05) is 18.5 Å². The Kier molecular flexibility index (Phi) is 5.30. The van der Waals surface area contributed by atoms with E-state index in [0.717, 1.165) is 18.9 Å². The Bertz CT molecular complexity index is 828. The van der Waals surface area contributed by atoms with Crippen molar-refractivity contribution in [3.63, 3.8) is 0 Å². The van der Waals surface area contributed by atoms with Crippen molar-refractivity contribution >= 4 is 21.7 Å². The van der Waals surface area contributed by atoms with Gasteiger partial charge in [-0.2, -0.15) is 0 Å². The Morgan fingerprint density at radius 2 is 2.08 bits per heavy atom. The van der Waals surface area contributed by atoms with E-state index < -0.39 is 16.0 Å². The summed E-state index contributed by atoms with van der Waals surface area (Å²) in [5.41, 5.74) is 0.570. The highest BCUT2D eigenvalue weighted by molar-refractivity contribution is 7.89. The van der Waals surface area contributed by atoms with E-state index >= 15 is 0 Å². The van der Waals surface area contributed by atoms with E-state index in [0.29, 0.717) is 18.0 Å². The molecule has 0 spiro atoms. The molecule has 3 N–H and O–H groups in total. The van der Waals surface area contributed by atoms with Gasteiger partial charge < -0.3 is 14.4 Å². The molecule has 0 aliphatic carbocycles. The summed E-state index contributed by atoms with van der Waals surface area (Å²) in [4.78, 5) is 12.9. The predicted octanol–water partition coefficient (Wildman–Crippen LogP) is 2.53. The lowest BCUT2D eigenvalue weighted by atomic mass is 10.1. The molecule has 24 heavy (non-hydrogen) atoms. The van der Waals surface area contributed by atoms with Gasteiger partial charge in [-0.1, -0.05) is 13.3 Å². The van der Waals surface area contributed by atoms with Crippen molar-refractivity contribution < 1.29 is 22.7 Å². The number of furan rings is 1. The molecule has 7 nitrogen and oxygen atoms in total. The number of benzene rings is 1. The normalized spacial score (nSPS) is 11.5. The highest BCUT2D eigenvalue weighted by atomic mass is 32.2. The van der Waals surface area contributed by atoms with E-state index in [1.54, 1.807) is 19.2 Å². The highest BCUT2D eigenvalue weighted by Gasteiger charge is 2.25. The van der Waals surface area contributed by atoms with Crippen molar-refractivity contribution in [3.05, 3.63) is 36.1 Å². The first kappa shape index (κ1) is 18.0. The fourth-order valence-corrected chi connectivity index (χ4v) is 3.21. The molecule has 0 unspecified atom stereocenters. The van der Waals surface area contributed by atoms with E-state index in [9.17, 15) is 18.3 Å². The summed E-state index contributed by atoms with van der Waals surface area (Å²) >= 11 is 0. The highest BCUT2D eigenvalue weighted by Crippen LogP contribution is 2.37. The number of carboxylic acid groups (broad SMARTS) is 1. The zero-order valence-electron chi connectivity index (χ0n) is 13.5. The number of primary sulfonamides is 1. The minimum absolute atomic E-state index is 0.146. The van der Waals surface area contributed by atoms with Crippen molar-refractivity contribution in [1.29, 1.82) is 0 Å². The number of carbonyl (C=O) groups is 1. The average molecular weight is 352 g/mol. The first-order valence-corrected chi connectivity index (χ1v) is 8.99. The van der Waals surface area contributed by atoms with Crippen LogP contribution in [0.3, 0.4) is 0 Å². The van der Waals surface area contributed by atoms with Crippen molar-refractivity contribution in [2.24, 2.45) is 5.14 Å². The molecule has 0 bridgehead atoms. The molecule has 130 valence electrons. The van der Waals surface area contributed by atoms with Crippen LogP contribution in [-0.2, 0) is 10.0 Å². The quantitative estimate of drug-likeness (QED) is 0.791. The Labute approximate surface area is 140 Å². The summed E-state index contributed by atoms with van der Waals surface area (Å²) in [5.74, 6) is -0.912. The number of hydrogen-bond acceptors (Lipinski definition) is 5. The van der Waals surface area contributed by atoms with Crippen LogP contribution >= 0.6 is 0 Å². The van der Waals surface area contributed by atoms with Crippen LogP contribution in [0.25, 0.3) is 11.3 Å². The molecular weight excluding hydrogens is 332 g/mol. The number of unbranched alkanes of at least 4 members (excludes halogenated alkanes) is 1. The van der Waals surface area contributed by atoms with Gasteiger partial charge in [-0.3, -0.25) is 0 Å². The maximum absolute atomic E-state index is 12.0. The Hall–Kier alpha value is -2.32. The van der Waals surface area contributed by atoms with Gasteiger partial charge in [-0.15, -0.1) is 0 Å². The van der Waals surface area contributed by atoms with Crippen LogP contribution in [0.4, 0.5) is 5.69 Å². The number of rotatable bonds is 7. The first-order chi connectivity index (χ1) is 11.3. The van der Waals surface area contributed by atoms with Gasteiger partial charge in [0, 0.05) is 19.3 Å². The average Bonchev–Trinajstić information content (AvgIpc) is 3.04. The van der Waals surface area contributed by atoms with Gasteiger partial charge in [0.1, 0.15) is 5.76 Å². The number of aromatic carboxylic acids is 1. The van der Waals surface area contributed by atoms with E-state index in [1.807, 2.05) is 11.8 Å². The molecule has 0 fully saturated rings. The third-order valence-corrected chi connectivity index (χ3v) is 4.60. The fourth-order valence-electron chi connectivity index (χ4n) is 2.43. The standard InChI is InChI=1S/C16H20N2O5S/c1-3-4-7-18(2)12-9-11(16(19)20)10-14(24(17,21)22)15(12)13-6-5-8-23-13/h5-6,8-10H,3-4,7H2,1-2H3,(H,19,20)(H2,17,21,22). The number of hydrogen-bond donors (Lipinski definition) is 2. The predicted molar refractivity (Wildman–Crippen MR) is 90.7 cm³/mol. The van der Waals surface area contributed by atoms with Gasteiger partial charge in [0.2, 0.25) is 10.0 Å². The van der Waals surface area contributed by atoms with Crippen molar-refractivity contribution in [3.8, 4) is 11.3 Å². The molecule has 2 aromatic rings. The number of sulfonamides is 1. The number of carboxylic acids is 1. The van der Waals surface area contributed by atoms with Crippen LogP contribution in [-0.4, -0.2) is 33.1 Å². The number of nitrogens with zero attached hydrogens (tertiary/aromatic N) is 1. The lowest BCUT2D eigenvalue weighted by Crippen LogP contribution is -2.22. The van der Waals surface area contributed by atoms with Gasteiger partial charge in [0.05, 0.1) is 22.3 Å². The number of nitrogens with two attached hydrogens (primary N) is 1. The molecule has 1 aromatic carbocycles. The minimum atomic E-state index is -4.14. The fraction of sp³-hybridized carbons (Fsp3) is 0.312. The maximum Gasteiger partial charge on any atom is 0.335 e. The zero-order chi connectivity index (χ0) is 17.9. The van der Waals surface area contributed by atoms with Gasteiger partial charge in [0.15, 0.2) is 0 Å². The maximum atomic E-state index is 12.0. The minimum Gasteiger partial charge on any atom is -0.478 e. The Morgan fingerprint density at radius 3 is 2.58 bits per heavy atom. The lowest BCUT2D eigenvalue weighted by Gasteiger charge is -2.23. The molecular formula is C16H20N2O5S. The van der Waals surface area contributed by atoms with E-state index in [-0.39, 0.29) is 16.0 Å². The van der Waals surface area contributed by atoms with Crippen LogP contribution in [0.5, 0.6) is 0 Å². The molecule has 8 heteroatoms. The van der Waals surface area contributed by atoms with Gasteiger partial charge in [0.25, 0.3) is 0 Å². The van der Waals surface area contributed by atoms with Crippen LogP contribution < -0.4 is 10.0 Å². The first-order valence-electron chi connectivity index (χ1n) is 7.44. The molecule has 1 heterocycles. The van der Waals surface area contributed by atoms with Crippen LogP contribution in [0, 0.1) is 0 Å². The van der Waals surface area contributed by atoms with Gasteiger partial charge in [-0.25, -0.2) is 18.4 Å². The van der Waals surface area contributed by atoms with E-state index in [1.165, 1.54) is 12.3 Å². The second kappa shape index (κ2) is 7.06. The van der Waals surface area contributed by atoms with Crippen molar-refractivity contribution in [2.45, 2.75) is 24.7 Å². The monoisotopic (exact) mass is 352 g/mol. The Balaban J connectivity index is 2.78. The molecule has 0 radical (unpaired) electrons. The molecule has 0 amide bonds. The molecule has 0 saturated carbocycles. The summed E-state index contributed by atoms with van der Waals surface area (Å²) in [7, 11) is -2.37. The summed E-state index contributed by atoms with van der Waals surface area (Å²) in [6.07, 6.45) is 3.24. The molecule has 1 aromatic heterocycles. The van der Waals surface area contributed by atoms with Crippen molar-refractivity contribution in [1.82, 2.24) is 0 Å². The molecule has 0 saturated heterocycles. The summed E-state index contributed by atoms with van der Waals surface area (Å²) in [6, 6.07) is 5.74. The third-order valence-electron chi connectivity index (χ3n) is 3.66.